The van der Waals surface area contributed by atoms with E-state index in [1.807, 2.05) is 0 Å². The van der Waals surface area contributed by atoms with Crippen molar-refractivity contribution >= 4 is 17.3 Å². The van der Waals surface area contributed by atoms with Crippen LogP contribution >= 0.6 is 0 Å². The number of amides is 1. The number of allylic oxidation sites excluding steroid dienone is 1. The Bertz CT molecular complexity index is 621. The fraction of sp³-hybridized carbons (Fsp3) is 0.333. The van der Waals surface area contributed by atoms with E-state index in [9.17, 15) is 18.0 Å². The zero-order valence-corrected chi connectivity index (χ0v) is 12.1. The average molecular weight is 312 g/mol. The zero-order valence-electron chi connectivity index (χ0n) is 12.1. The van der Waals surface area contributed by atoms with Crippen molar-refractivity contribution in [2.24, 2.45) is 5.10 Å². The first-order valence-electron chi connectivity index (χ1n) is 6.81. The molecule has 0 radical (unpaired) electrons. The Hall–Kier alpha value is -2.31. The average Bonchev–Trinajstić information content (AvgIpc) is 2.83. The molecular weight excluding hydrogens is 297 g/mol. The molecule has 0 aromatic heterocycles. The Morgan fingerprint density at radius 3 is 2.36 bits per heavy atom. The van der Waals surface area contributed by atoms with Crippen LogP contribution in [0.1, 0.15) is 20.3 Å². The van der Waals surface area contributed by atoms with Crippen LogP contribution in [0.2, 0.25) is 0 Å². The Labute approximate surface area is 125 Å². The summed E-state index contributed by atoms with van der Waals surface area (Å²) in [4.78, 5) is 12.4. The highest BCUT2D eigenvalue weighted by Crippen LogP contribution is 2.33. The van der Waals surface area contributed by atoms with Crippen LogP contribution in [0.3, 0.4) is 0 Å². The summed E-state index contributed by atoms with van der Waals surface area (Å²) in [5.74, 6) is -0.828. The van der Waals surface area contributed by atoms with E-state index >= 15 is 0 Å². The molecule has 1 aliphatic heterocycles. The van der Waals surface area contributed by atoms with Crippen molar-refractivity contribution in [3.63, 3.8) is 0 Å². The molecule has 1 aliphatic rings. The number of halogens is 3. The second-order valence-corrected chi connectivity index (χ2v) is 4.48. The van der Waals surface area contributed by atoms with Crippen molar-refractivity contribution in [1.82, 2.24) is 0 Å². The summed E-state index contributed by atoms with van der Waals surface area (Å²) in [6.45, 7) is 3.45. The molecule has 0 spiro atoms. The summed E-state index contributed by atoms with van der Waals surface area (Å²) in [6, 6.07) is 7.98. The van der Waals surface area contributed by atoms with Gasteiger partial charge in [0.05, 0.1) is 12.3 Å². The van der Waals surface area contributed by atoms with Gasteiger partial charge in [-0.15, -0.1) is 0 Å². The fourth-order valence-electron chi connectivity index (χ4n) is 2.12. The van der Waals surface area contributed by atoms with Crippen molar-refractivity contribution in [2.45, 2.75) is 26.4 Å². The SMILES string of the molecule is CCO/C(CC)=C1/C(=O)N(c2ccccc2)N=C1C(F)(F)F. The number of hydrogen-bond acceptors (Lipinski definition) is 3. The molecule has 0 saturated heterocycles. The molecule has 1 aromatic rings. The van der Waals surface area contributed by atoms with Crippen LogP contribution < -0.4 is 5.01 Å². The van der Waals surface area contributed by atoms with E-state index in [2.05, 4.69) is 5.10 Å². The van der Waals surface area contributed by atoms with E-state index in [4.69, 9.17) is 4.74 Å². The summed E-state index contributed by atoms with van der Waals surface area (Å²) in [7, 11) is 0. The monoisotopic (exact) mass is 312 g/mol. The van der Waals surface area contributed by atoms with E-state index in [-0.39, 0.29) is 24.5 Å². The molecule has 7 heteroatoms. The molecule has 1 heterocycles. The van der Waals surface area contributed by atoms with E-state index < -0.39 is 23.4 Å². The van der Waals surface area contributed by atoms with Crippen molar-refractivity contribution in [1.29, 1.82) is 0 Å². The number of nitrogens with zero attached hydrogens (tertiary/aromatic N) is 2. The van der Waals surface area contributed by atoms with Crippen molar-refractivity contribution in [3.05, 3.63) is 41.7 Å². The van der Waals surface area contributed by atoms with Crippen LogP contribution in [0, 0.1) is 0 Å². The molecule has 118 valence electrons. The highest BCUT2D eigenvalue weighted by molar-refractivity contribution is 6.32. The summed E-state index contributed by atoms with van der Waals surface area (Å²) in [6.07, 6.45) is -4.56. The maximum absolute atomic E-state index is 13.2. The zero-order chi connectivity index (χ0) is 16.3. The first-order chi connectivity index (χ1) is 10.4. The van der Waals surface area contributed by atoms with Gasteiger partial charge in [-0.1, -0.05) is 25.1 Å². The van der Waals surface area contributed by atoms with Crippen LogP contribution in [-0.4, -0.2) is 24.4 Å². The smallest absolute Gasteiger partial charge is 0.436 e. The highest BCUT2D eigenvalue weighted by atomic mass is 19.4. The van der Waals surface area contributed by atoms with Gasteiger partial charge in [0.2, 0.25) is 0 Å². The van der Waals surface area contributed by atoms with Crippen molar-refractivity contribution < 1.29 is 22.7 Å². The van der Waals surface area contributed by atoms with Crippen LogP contribution in [-0.2, 0) is 9.53 Å². The summed E-state index contributed by atoms with van der Waals surface area (Å²) in [5, 5.41) is 4.24. The van der Waals surface area contributed by atoms with Crippen molar-refractivity contribution in [2.75, 3.05) is 11.6 Å². The molecule has 0 saturated carbocycles. The number of benzene rings is 1. The Kier molecular flexibility index (Phi) is 4.54. The number of alkyl halides is 3. The molecule has 22 heavy (non-hydrogen) atoms. The number of hydrazone groups is 1. The maximum Gasteiger partial charge on any atom is 0.436 e. The Morgan fingerprint density at radius 1 is 1.23 bits per heavy atom. The summed E-state index contributed by atoms with van der Waals surface area (Å²) < 4.78 is 44.8. The summed E-state index contributed by atoms with van der Waals surface area (Å²) in [5.41, 5.74) is -1.46. The number of carbonyl (C=O) groups is 1. The molecule has 1 aromatic carbocycles. The quantitative estimate of drug-likeness (QED) is 0.629. The third-order valence-corrected chi connectivity index (χ3v) is 3.03. The van der Waals surface area contributed by atoms with Crippen molar-refractivity contribution in [3.8, 4) is 0 Å². The molecule has 0 N–H and O–H groups in total. The summed E-state index contributed by atoms with van der Waals surface area (Å²) >= 11 is 0. The van der Waals surface area contributed by atoms with Gasteiger partial charge in [0.15, 0.2) is 5.71 Å². The van der Waals surface area contributed by atoms with Crippen LogP contribution in [0.25, 0.3) is 0 Å². The molecule has 4 nitrogen and oxygen atoms in total. The Balaban J connectivity index is 2.56. The van der Waals surface area contributed by atoms with Crippen LogP contribution in [0.15, 0.2) is 46.8 Å². The van der Waals surface area contributed by atoms with E-state index in [1.165, 1.54) is 12.1 Å². The minimum atomic E-state index is -4.73. The lowest BCUT2D eigenvalue weighted by molar-refractivity contribution is -0.114. The first-order valence-corrected chi connectivity index (χ1v) is 6.81. The van der Waals surface area contributed by atoms with Crippen LogP contribution in [0.5, 0.6) is 0 Å². The normalized spacial score (nSPS) is 17.6. The lowest BCUT2D eigenvalue weighted by Gasteiger charge is -2.13. The molecule has 0 fully saturated rings. The van der Waals surface area contributed by atoms with Gasteiger partial charge in [-0.25, -0.2) is 0 Å². The minimum Gasteiger partial charge on any atom is -0.497 e. The number of carbonyl (C=O) groups excluding carboxylic acids is 1. The number of rotatable bonds is 4. The van der Waals surface area contributed by atoms with Crippen LogP contribution in [0.4, 0.5) is 18.9 Å². The van der Waals surface area contributed by atoms with Gasteiger partial charge < -0.3 is 4.74 Å². The fourth-order valence-corrected chi connectivity index (χ4v) is 2.12. The molecule has 2 rings (SSSR count). The van der Waals surface area contributed by atoms with Gasteiger partial charge in [0, 0.05) is 6.42 Å². The third-order valence-electron chi connectivity index (χ3n) is 3.03. The molecule has 0 bridgehead atoms. The lowest BCUT2D eigenvalue weighted by Crippen LogP contribution is -2.27. The largest absolute Gasteiger partial charge is 0.497 e. The predicted molar refractivity (Wildman–Crippen MR) is 76.4 cm³/mol. The molecule has 0 unspecified atom stereocenters. The number of ether oxygens (including phenoxy) is 1. The minimum absolute atomic E-state index is 0.00186. The lowest BCUT2D eigenvalue weighted by atomic mass is 10.1. The van der Waals surface area contributed by atoms with Gasteiger partial charge in [-0.05, 0) is 19.1 Å². The van der Waals surface area contributed by atoms with E-state index in [0.717, 1.165) is 5.01 Å². The molecule has 1 amide bonds. The molecular formula is C15H15F3N2O2. The number of hydrogen-bond donors (Lipinski definition) is 0. The van der Waals surface area contributed by atoms with E-state index in [0.29, 0.717) is 0 Å². The molecule has 0 aliphatic carbocycles. The van der Waals surface area contributed by atoms with Gasteiger partial charge in [-0.3, -0.25) is 4.79 Å². The van der Waals surface area contributed by atoms with Gasteiger partial charge in [-0.2, -0.15) is 23.3 Å². The second-order valence-electron chi connectivity index (χ2n) is 4.48. The predicted octanol–water partition coefficient (Wildman–Crippen LogP) is 3.65. The number of para-hydroxylation sites is 1. The maximum atomic E-state index is 13.2. The van der Waals surface area contributed by atoms with Gasteiger partial charge >= 0.3 is 6.18 Å². The topological polar surface area (TPSA) is 41.9 Å². The third kappa shape index (κ3) is 2.98. The van der Waals surface area contributed by atoms with E-state index in [1.54, 1.807) is 32.0 Å². The van der Waals surface area contributed by atoms with Gasteiger partial charge in [0.1, 0.15) is 11.3 Å². The first kappa shape index (κ1) is 16.1. The number of anilines is 1. The molecule has 0 atom stereocenters. The van der Waals surface area contributed by atoms with Gasteiger partial charge in [0.25, 0.3) is 5.91 Å². The standard InChI is InChI=1S/C15H15F3N2O2/c1-3-11(22-4-2)12-13(15(16,17)18)19-20(14(12)21)10-8-6-5-7-9-10/h5-9H,3-4H2,1-2H3/b12-11+. The highest BCUT2D eigenvalue weighted by Gasteiger charge is 2.48. The Morgan fingerprint density at radius 2 is 1.86 bits per heavy atom. The second kappa shape index (κ2) is 6.21.